The van der Waals surface area contributed by atoms with Crippen molar-refractivity contribution in [2.45, 2.75) is 45.2 Å². The van der Waals surface area contributed by atoms with Crippen LogP contribution in [0, 0.1) is 6.92 Å². The quantitative estimate of drug-likeness (QED) is 0.822. The molecule has 1 saturated carbocycles. The number of carbonyl (C=O) groups is 2. The number of aromatic nitrogens is 2. The van der Waals surface area contributed by atoms with E-state index in [1.807, 2.05) is 72.8 Å². The molecule has 0 radical (unpaired) electrons. The number of imidazole rings is 1. The van der Waals surface area contributed by atoms with E-state index in [9.17, 15) is 9.59 Å². The lowest BCUT2D eigenvalue weighted by Gasteiger charge is -2.40. The van der Waals surface area contributed by atoms with Crippen LogP contribution in [0.25, 0.3) is 11.6 Å². The Hall–Kier alpha value is -2.93. The Balaban J connectivity index is 1.42. The predicted octanol–water partition coefficient (Wildman–Crippen LogP) is 2.45. The minimum atomic E-state index is -0.652. The van der Waals surface area contributed by atoms with E-state index in [0.29, 0.717) is 25.2 Å². The highest BCUT2D eigenvalue weighted by Crippen LogP contribution is 2.34. The van der Waals surface area contributed by atoms with Crippen molar-refractivity contribution in [3.63, 3.8) is 0 Å². The summed E-state index contributed by atoms with van der Waals surface area (Å²) < 4.78 is 1.99. The summed E-state index contributed by atoms with van der Waals surface area (Å²) in [5.41, 5.74) is 10.3. The molecule has 7 heteroatoms. The summed E-state index contributed by atoms with van der Waals surface area (Å²) >= 11 is 0. The topological polar surface area (TPSA) is 84.5 Å². The van der Waals surface area contributed by atoms with Crippen LogP contribution in [0.2, 0.25) is 0 Å². The monoisotopic (exact) mass is 421 g/mol. The van der Waals surface area contributed by atoms with Gasteiger partial charge in [0.05, 0.1) is 17.6 Å². The van der Waals surface area contributed by atoms with Crippen molar-refractivity contribution in [3.05, 3.63) is 53.1 Å². The molecule has 1 atom stereocenters. The Morgan fingerprint density at radius 3 is 2.35 bits per heavy atom. The average Bonchev–Trinajstić information content (AvgIpc) is 3.45. The summed E-state index contributed by atoms with van der Waals surface area (Å²) in [5.74, 6) is 0.0310. The minimum absolute atomic E-state index is 0.00207. The number of piperazine rings is 1. The summed E-state index contributed by atoms with van der Waals surface area (Å²) in [6.45, 7) is 7.68. The van der Waals surface area contributed by atoms with Crippen LogP contribution in [0.15, 0.2) is 30.6 Å². The van der Waals surface area contributed by atoms with Gasteiger partial charge in [-0.05, 0) is 63.0 Å². The molecule has 2 fully saturated rings. The highest BCUT2D eigenvalue weighted by atomic mass is 16.2. The third-order valence-corrected chi connectivity index (χ3v) is 6.60. The molecular formula is C24H31N5O2. The van der Waals surface area contributed by atoms with Crippen LogP contribution >= 0.6 is 0 Å². The number of rotatable bonds is 4. The zero-order valence-corrected chi connectivity index (χ0v) is 18.8. The molecule has 31 heavy (non-hydrogen) atoms. The molecule has 4 rings (SSSR count). The van der Waals surface area contributed by atoms with Crippen LogP contribution in [-0.2, 0) is 11.8 Å². The smallest absolute Gasteiger partial charge is 0.254 e. The Bertz CT molecular complexity index is 1030. The maximum atomic E-state index is 13.1. The molecule has 2 N–H and O–H groups in total. The van der Waals surface area contributed by atoms with Crippen LogP contribution in [0.1, 0.15) is 54.0 Å². The predicted molar refractivity (Wildman–Crippen MR) is 121 cm³/mol. The maximum Gasteiger partial charge on any atom is 0.254 e. The molecule has 1 saturated heterocycles. The van der Waals surface area contributed by atoms with Gasteiger partial charge in [-0.1, -0.05) is 12.1 Å². The molecule has 1 aliphatic heterocycles. The van der Waals surface area contributed by atoms with Crippen LogP contribution in [0.5, 0.6) is 0 Å². The Morgan fingerprint density at radius 2 is 1.81 bits per heavy atom. The van der Waals surface area contributed by atoms with Gasteiger partial charge in [0.2, 0.25) is 5.91 Å². The zero-order chi connectivity index (χ0) is 22.3. The summed E-state index contributed by atoms with van der Waals surface area (Å²) in [7, 11) is 1.98. The van der Waals surface area contributed by atoms with E-state index in [0.717, 1.165) is 35.4 Å². The van der Waals surface area contributed by atoms with E-state index >= 15 is 0 Å². The molecule has 2 heterocycles. The fraction of sp³-hybridized carbons (Fsp3) is 0.458. The maximum absolute atomic E-state index is 13.1. The van der Waals surface area contributed by atoms with E-state index < -0.39 is 5.54 Å². The van der Waals surface area contributed by atoms with Crippen LogP contribution in [-0.4, -0.2) is 62.4 Å². The third-order valence-electron chi connectivity index (χ3n) is 6.60. The Kier molecular flexibility index (Phi) is 5.47. The highest BCUT2D eigenvalue weighted by molar-refractivity contribution is 5.95. The molecule has 2 aliphatic rings. The Morgan fingerprint density at radius 1 is 1.16 bits per heavy atom. The molecule has 2 aromatic rings. The number of allylic oxidation sites excluding steroid dienone is 1. The number of carbonyl (C=O) groups excluding carboxylic acids is 2. The molecule has 2 amide bonds. The van der Waals surface area contributed by atoms with Gasteiger partial charge >= 0.3 is 0 Å². The lowest BCUT2D eigenvalue weighted by molar-refractivity contribution is -0.136. The number of nitrogens with zero attached hydrogens (tertiary/aromatic N) is 4. The fourth-order valence-electron chi connectivity index (χ4n) is 4.09. The van der Waals surface area contributed by atoms with Gasteiger partial charge in [-0.25, -0.2) is 4.98 Å². The summed E-state index contributed by atoms with van der Waals surface area (Å²) in [4.78, 5) is 33.7. The normalized spacial score (nSPS) is 20.7. The van der Waals surface area contributed by atoms with Crippen molar-refractivity contribution in [2.75, 3.05) is 19.6 Å². The summed E-state index contributed by atoms with van der Waals surface area (Å²) in [5, 5.41) is 0. The Labute approximate surface area is 183 Å². The first kappa shape index (κ1) is 21.3. The van der Waals surface area contributed by atoms with Crippen molar-refractivity contribution < 1.29 is 9.59 Å². The number of nitrogens with two attached hydrogens (primary N) is 1. The number of hydrogen-bond acceptors (Lipinski definition) is 4. The van der Waals surface area contributed by atoms with Crippen LogP contribution in [0.4, 0.5) is 0 Å². The van der Waals surface area contributed by atoms with Crippen molar-refractivity contribution in [1.29, 1.82) is 0 Å². The van der Waals surface area contributed by atoms with Crippen molar-refractivity contribution >= 4 is 23.5 Å². The average molecular weight is 422 g/mol. The van der Waals surface area contributed by atoms with Gasteiger partial charge in [-0.3, -0.25) is 9.59 Å². The SMILES string of the molecule is C/C(=C\c1ncn(C)c1C)c1ccc(C(=O)N2CCN(C(=O)C3(N)CC3)C[C@@H]2C)cc1. The van der Waals surface area contributed by atoms with Gasteiger partial charge in [0.1, 0.15) is 0 Å². The zero-order valence-electron chi connectivity index (χ0n) is 18.8. The second-order valence-electron chi connectivity index (χ2n) is 8.99. The lowest BCUT2D eigenvalue weighted by Crippen LogP contribution is -2.58. The van der Waals surface area contributed by atoms with Crippen LogP contribution in [0.3, 0.4) is 0 Å². The second-order valence-corrected chi connectivity index (χ2v) is 8.99. The molecule has 7 nitrogen and oxygen atoms in total. The molecule has 0 spiro atoms. The van der Waals surface area contributed by atoms with Gasteiger partial charge in [-0.15, -0.1) is 0 Å². The van der Waals surface area contributed by atoms with Gasteiger partial charge in [-0.2, -0.15) is 0 Å². The van der Waals surface area contributed by atoms with Gasteiger partial charge in [0.15, 0.2) is 0 Å². The van der Waals surface area contributed by atoms with Crippen molar-refractivity contribution in [1.82, 2.24) is 19.4 Å². The van der Waals surface area contributed by atoms with Crippen LogP contribution < -0.4 is 5.73 Å². The third kappa shape index (κ3) is 4.14. The molecule has 1 aliphatic carbocycles. The van der Waals surface area contributed by atoms with E-state index in [2.05, 4.69) is 11.1 Å². The van der Waals surface area contributed by atoms with Gasteiger partial charge in [0.25, 0.3) is 5.91 Å². The van der Waals surface area contributed by atoms with E-state index in [1.54, 1.807) is 0 Å². The molecular weight excluding hydrogens is 390 g/mol. The van der Waals surface area contributed by atoms with Crippen molar-refractivity contribution in [3.8, 4) is 0 Å². The first-order valence-corrected chi connectivity index (χ1v) is 10.9. The standard InChI is InChI=1S/C24H31N5O2/c1-16(13-21-18(3)27(4)15-26-21)19-5-7-20(8-6-19)22(30)29-12-11-28(14-17(29)2)23(31)24(25)9-10-24/h5-8,13,15,17H,9-12,14,25H2,1-4H3/b16-13+/t17-/m0/s1. The summed E-state index contributed by atoms with van der Waals surface area (Å²) in [6, 6.07) is 7.67. The molecule has 0 unspecified atom stereocenters. The minimum Gasteiger partial charge on any atom is -0.337 e. The highest BCUT2D eigenvalue weighted by Gasteiger charge is 2.49. The molecule has 0 bridgehead atoms. The first-order chi connectivity index (χ1) is 14.7. The molecule has 1 aromatic carbocycles. The molecule has 164 valence electrons. The fourth-order valence-corrected chi connectivity index (χ4v) is 4.09. The first-order valence-electron chi connectivity index (χ1n) is 10.9. The largest absolute Gasteiger partial charge is 0.337 e. The second kappa shape index (κ2) is 7.96. The number of amides is 2. The number of aryl methyl sites for hydroxylation is 1. The van der Waals surface area contributed by atoms with E-state index in [1.165, 1.54) is 0 Å². The summed E-state index contributed by atoms with van der Waals surface area (Å²) in [6.07, 6.45) is 5.40. The number of hydrogen-bond donors (Lipinski definition) is 1. The molecule has 1 aromatic heterocycles. The van der Waals surface area contributed by atoms with Gasteiger partial charge < -0.3 is 20.1 Å². The number of benzene rings is 1. The van der Waals surface area contributed by atoms with Crippen molar-refractivity contribution in [2.24, 2.45) is 12.8 Å². The lowest BCUT2D eigenvalue weighted by atomic mass is 10.0. The van der Waals surface area contributed by atoms with Gasteiger partial charge in [0, 0.05) is 44.0 Å². The van der Waals surface area contributed by atoms with E-state index in [-0.39, 0.29) is 17.9 Å². The van der Waals surface area contributed by atoms with E-state index in [4.69, 9.17) is 5.73 Å².